The first kappa shape index (κ1) is 13.3. The molecule has 2 aromatic heterocycles. The lowest BCUT2D eigenvalue weighted by molar-refractivity contribution is -0.121. The monoisotopic (exact) mass is 290 g/mol. The predicted molar refractivity (Wildman–Crippen MR) is 77.7 cm³/mol. The number of rotatable bonds is 4. The number of amides is 1. The van der Waals surface area contributed by atoms with Crippen molar-refractivity contribution in [3.05, 3.63) is 33.5 Å². The summed E-state index contributed by atoms with van der Waals surface area (Å²) in [4.78, 5) is 17.4. The van der Waals surface area contributed by atoms with E-state index in [2.05, 4.69) is 20.5 Å². The normalized spacial score (nSPS) is 17.8. The molecule has 1 atom stereocenters. The third-order valence-corrected chi connectivity index (χ3v) is 4.80. The van der Waals surface area contributed by atoms with Crippen molar-refractivity contribution in [3.63, 3.8) is 0 Å². The Labute approximate surface area is 121 Å². The molecule has 0 fully saturated rings. The Morgan fingerprint density at radius 3 is 3.30 bits per heavy atom. The van der Waals surface area contributed by atoms with Crippen molar-refractivity contribution < 1.29 is 4.79 Å². The summed E-state index contributed by atoms with van der Waals surface area (Å²) in [5.41, 5.74) is 5.34. The SMILES string of the molecule is Cc1ncsc1CCC(=O)NC1CCc2cn[nH]c2C1. The summed E-state index contributed by atoms with van der Waals surface area (Å²) < 4.78 is 0. The van der Waals surface area contributed by atoms with Crippen LogP contribution in [0.3, 0.4) is 0 Å². The van der Waals surface area contributed by atoms with Crippen LogP contribution in [0.4, 0.5) is 0 Å². The highest BCUT2D eigenvalue weighted by molar-refractivity contribution is 7.09. The smallest absolute Gasteiger partial charge is 0.220 e. The Balaban J connectivity index is 1.49. The van der Waals surface area contributed by atoms with E-state index in [-0.39, 0.29) is 11.9 Å². The first-order valence-electron chi connectivity index (χ1n) is 6.92. The van der Waals surface area contributed by atoms with Crippen molar-refractivity contribution in [1.82, 2.24) is 20.5 Å². The highest BCUT2D eigenvalue weighted by Gasteiger charge is 2.21. The van der Waals surface area contributed by atoms with Gasteiger partial charge in [-0.25, -0.2) is 4.98 Å². The van der Waals surface area contributed by atoms with Gasteiger partial charge >= 0.3 is 0 Å². The average molecular weight is 290 g/mol. The second-order valence-corrected chi connectivity index (χ2v) is 6.18. The second kappa shape index (κ2) is 5.75. The fraction of sp³-hybridized carbons (Fsp3) is 0.500. The number of aromatic amines is 1. The van der Waals surface area contributed by atoms with Crippen molar-refractivity contribution in [2.75, 3.05) is 0 Å². The largest absolute Gasteiger partial charge is 0.353 e. The highest BCUT2D eigenvalue weighted by atomic mass is 32.1. The molecule has 0 saturated carbocycles. The Hall–Kier alpha value is -1.69. The Bertz CT molecular complexity index is 604. The van der Waals surface area contributed by atoms with E-state index < -0.39 is 0 Å². The number of hydrogen-bond acceptors (Lipinski definition) is 4. The van der Waals surface area contributed by atoms with E-state index in [1.54, 1.807) is 11.3 Å². The van der Waals surface area contributed by atoms with Crippen LogP contribution in [0.1, 0.15) is 34.7 Å². The maximum Gasteiger partial charge on any atom is 0.220 e. The lowest BCUT2D eigenvalue weighted by Crippen LogP contribution is -2.38. The van der Waals surface area contributed by atoms with E-state index >= 15 is 0 Å². The van der Waals surface area contributed by atoms with E-state index in [0.29, 0.717) is 6.42 Å². The lowest BCUT2D eigenvalue weighted by Gasteiger charge is -2.22. The molecule has 5 nitrogen and oxygen atoms in total. The minimum Gasteiger partial charge on any atom is -0.353 e. The van der Waals surface area contributed by atoms with Gasteiger partial charge in [-0.2, -0.15) is 5.10 Å². The van der Waals surface area contributed by atoms with Crippen molar-refractivity contribution >= 4 is 17.2 Å². The standard InChI is InChI=1S/C14H18N4OS/c1-9-13(20-8-15-9)4-5-14(19)17-11-3-2-10-7-16-18-12(10)6-11/h7-8,11H,2-6H2,1H3,(H,16,18)(H,17,19). The molecule has 2 N–H and O–H groups in total. The van der Waals surface area contributed by atoms with Gasteiger partial charge in [0.2, 0.25) is 5.91 Å². The molecule has 6 heteroatoms. The van der Waals surface area contributed by atoms with Crippen LogP contribution in [0, 0.1) is 6.92 Å². The number of aromatic nitrogens is 3. The van der Waals surface area contributed by atoms with Gasteiger partial charge in [0.25, 0.3) is 0 Å². The molecule has 3 rings (SSSR count). The third-order valence-electron chi connectivity index (χ3n) is 3.81. The molecule has 2 aromatic rings. The lowest BCUT2D eigenvalue weighted by atomic mass is 9.93. The molecule has 106 valence electrons. The van der Waals surface area contributed by atoms with Crippen LogP contribution in [0.5, 0.6) is 0 Å². The van der Waals surface area contributed by atoms with Crippen molar-refractivity contribution in [2.24, 2.45) is 0 Å². The molecule has 0 bridgehead atoms. The number of H-pyrrole nitrogens is 1. The molecule has 1 aliphatic rings. The van der Waals surface area contributed by atoms with E-state index in [1.165, 1.54) is 16.1 Å². The molecule has 2 heterocycles. The fourth-order valence-electron chi connectivity index (χ4n) is 2.62. The van der Waals surface area contributed by atoms with E-state index in [4.69, 9.17) is 0 Å². The number of fused-ring (bicyclic) bond motifs is 1. The van der Waals surface area contributed by atoms with Crippen LogP contribution in [0.2, 0.25) is 0 Å². The molecule has 0 aliphatic heterocycles. The third kappa shape index (κ3) is 2.90. The van der Waals surface area contributed by atoms with E-state index in [1.807, 2.05) is 18.6 Å². The van der Waals surface area contributed by atoms with Crippen molar-refractivity contribution in [1.29, 1.82) is 0 Å². The summed E-state index contributed by atoms with van der Waals surface area (Å²) in [6.45, 7) is 1.99. The van der Waals surface area contributed by atoms with Crippen LogP contribution in [-0.4, -0.2) is 27.1 Å². The van der Waals surface area contributed by atoms with Gasteiger partial charge in [-0.3, -0.25) is 9.89 Å². The van der Waals surface area contributed by atoms with Gasteiger partial charge in [0.15, 0.2) is 0 Å². The molecule has 0 radical (unpaired) electrons. The van der Waals surface area contributed by atoms with E-state index in [9.17, 15) is 4.79 Å². The zero-order valence-corrected chi connectivity index (χ0v) is 12.3. The molecule has 1 unspecified atom stereocenters. The zero-order chi connectivity index (χ0) is 13.9. The Morgan fingerprint density at radius 2 is 2.50 bits per heavy atom. The van der Waals surface area contributed by atoms with Crippen LogP contribution < -0.4 is 5.32 Å². The van der Waals surface area contributed by atoms with Gasteiger partial charge in [0, 0.05) is 29.5 Å². The van der Waals surface area contributed by atoms with Gasteiger partial charge < -0.3 is 5.32 Å². The number of carbonyl (C=O) groups is 1. The summed E-state index contributed by atoms with van der Waals surface area (Å²) in [5.74, 6) is 0.130. The van der Waals surface area contributed by atoms with E-state index in [0.717, 1.165) is 31.4 Å². The van der Waals surface area contributed by atoms with Gasteiger partial charge in [-0.1, -0.05) is 0 Å². The second-order valence-electron chi connectivity index (χ2n) is 5.24. The minimum absolute atomic E-state index is 0.130. The molecular formula is C14H18N4OS. The van der Waals surface area contributed by atoms with Crippen LogP contribution in [-0.2, 0) is 24.1 Å². The van der Waals surface area contributed by atoms with Crippen LogP contribution in [0.15, 0.2) is 11.7 Å². The molecule has 0 aromatic carbocycles. The van der Waals surface area contributed by atoms with Crippen molar-refractivity contribution in [3.8, 4) is 0 Å². The molecule has 1 amide bonds. The van der Waals surface area contributed by atoms with Crippen LogP contribution in [0.25, 0.3) is 0 Å². The summed E-state index contributed by atoms with van der Waals surface area (Å²) in [5, 5.41) is 10.2. The van der Waals surface area contributed by atoms with Gasteiger partial charge in [-0.05, 0) is 31.7 Å². The predicted octanol–water partition coefficient (Wildman–Crippen LogP) is 1.78. The molecule has 0 spiro atoms. The first-order chi connectivity index (χ1) is 9.72. The van der Waals surface area contributed by atoms with Gasteiger partial charge in [-0.15, -0.1) is 11.3 Å². The van der Waals surface area contributed by atoms with Gasteiger partial charge in [0.05, 0.1) is 17.4 Å². The summed E-state index contributed by atoms with van der Waals surface area (Å²) in [6.07, 6.45) is 6.06. The highest BCUT2D eigenvalue weighted by Crippen LogP contribution is 2.19. The van der Waals surface area contributed by atoms with Gasteiger partial charge in [0.1, 0.15) is 0 Å². The summed E-state index contributed by atoms with van der Waals surface area (Å²) in [7, 11) is 0. The maximum absolute atomic E-state index is 12.0. The molecular weight excluding hydrogens is 272 g/mol. The number of hydrogen-bond donors (Lipinski definition) is 2. The molecule has 20 heavy (non-hydrogen) atoms. The maximum atomic E-state index is 12.0. The molecule has 1 aliphatic carbocycles. The average Bonchev–Trinajstić information content (AvgIpc) is 3.04. The number of carbonyl (C=O) groups excluding carboxylic acids is 1. The van der Waals surface area contributed by atoms with Crippen molar-refractivity contribution in [2.45, 2.75) is 45.1 Å². The quantitative estimate of drug-likeness (QED) is 0.901. The number of nitrogens with one attached hydrogen (secondary N) is 2. The number of thiazole rings is 1. The Kier molecular flexibility index (Phi) is 3.82. The topological polar surface area (TPSA) is 70.7 Å². The Morgan fingerprint density at radius 1 is 1.60 bits per heavy atom. The molecule has 0 saturated heterocycles. The first-order valence-corrected chi connectivity index (χ1v) is 7.80. The minimum atomic E-state index is 0.130. The van der Waals surface area contributed by atoms with Crippen LogP contribution >= 0.6 is 11.3 Å². The zero-order valence-electron chi connectivity index (χ0n) is 11.5. The number of nitrogens with zero attached hydrogens (tertiary/aromatic N) is 2. The number of aryl methyl sites for hydroxylation is 3. The summed E-state index contributed by atoms with van der Waals surface area (Å²) >= 11 is 1.63. The summed E-state index contributed by atoms with van der Waals surface area (Å²) in [6, 6.07) is 0.234. The fourth-order valence-corrected chi connectivity index (χ4v) is 3.41.